The van der Waals surface area contributed by atoms with E-state index in [1.807, 2.05) is 4.90 Å². The number of aryl methyl sites for hydroxylation is 1. The number of anilines is 1. The van der Waals surface area contributed by atoms with Crippen LogP contribution in [0.4, 0.5) is 10.1 Å². The van der Waals surface area contributed by atoms with Crippen molar-refractivity contribution < 1.29 is 14.0 Å². The molecule has 0 aliphatic carbocycles. The Bertz CT molecular complexity index is 853. The standard InChI is InChI=1S/C20H23FN4O2/c1-23-14-15(13-22-23)18(26)24-11-8-20(9-12-24)7-2-10-25(19(20)27)17-5-3-16(21)4-6-17/h3-6,13-14H,2,7-12H2,1H3. The average molecular weight is 370 g/mol. The summed E-state index contributed by atoms with van der Waals surface area (Å²) in [4.78, 5) is 29.5. The maximum atomic E-state index is 13.3. The van der Waals surface area contributed by atoms with Crippen LogP contribution in [-0.2, 0) is 11.8 Å². The fourth-order valence-corrected chi connectivity index (χ4v) is 4.25. The minimum absolute atomic E-state index is 0.0309. The van der Waals surface area contributed by atoms with Crippen LogP contribution in [0.3, 0.4) is 0 Å². The molecule has 0 atom stereocenters. The predicted octanol–water partition coefficient (Wildman–Crippen LogP) is 2.61. The Balaban J connectivity index is 1.47. The van der Waals surface area contributed by atoms with Gasteiger partial charge in [-0.1, -0.05) is 0 Å². The van der Waals surface area contributed by atoms with Gasteiger partial charge in [-0.25, -0.2) is 4.39 Å². The van der Waals surface area contributed by atoms with E-state index in [0.29, 0.717) is 38.0 Å². The van der Waals surface area contributed by atoms with E-state index in [-0.39, 0.29) is 17.6 Å². The number of piperidine rings is 2. The Kier molecular flexibility index (Phi) is 4.45. The zero-order chi connectivity index (χ0) is 19.0. The van der Waals surface area contributed by atoms with Crippen LogP contribution in [0.15, 0.2) is 36.7 Å². The number of likely N-dealkylation sites (tertiary alicyclic amines) is 1. The monoisotopic (exact) mass is 370 g/mol. The number of aromatic nitrogens is 2. The molecule has 2 aliphatic heterocycles. The highest BCUT2D eigenvalue weighted by atomic mass is 19.1. The Hall–Kier alpha value is -2.70. The van der Waals surface area contributed by atoms with Gasteiger partial charge in [-0.2, -0.15) is 5.10 Å². The Morgan fingerprint density at radius 1 is 1.11 bits per heavy atom. The number of hydrogen-bond acceptors (Lipinski definition) is 3. The van der Waals surface area contributed by atoms with Crippen LogP contribution in [0.2, 0.25) is 0 Å². The second-order valence-electron chi connectivity index (χ2n) is 7.51. The Labute approximate surface area is 157 Å². The molecule has 1 aromatic carbocycles. The first-order valence-electron chi connectivity index (χ1n) is 9.34. The number of carbonyl (C=O) groups excluding carboxylic acids is 2. The van der Waals surface area contributed by atoms with Gasteiger partial charge in [0.2, 0.25) is 5.91 Å². The van der Waals surface area contributed by atoms with E-state index in [0.717, 1.165) is 18.5 Å². The quantitative estimate of drug-likeness (QED) is 0.817. The fraction of sp³-hybridized carbons (Fsp3) is 0.450. The van der Waals surface area contributed by atoms with Crippen LogP contribution in [0.1, 0.15) is 36.0 Å². The van der Waals surface area contributed by atoms with Crippen molar-refractivity contribution >= 4 is 17.5 Å². The van der Waals surface area contributed by atoms with Gasteiger partial charge in [0.25, 0.3) is 5.91 Å². The Morgan fingerprint density at radius 2 is 1.81 bits per heavy atom. The maximum absolute atomic E-state index is 13.3. The maximum Gasteiger partial charge on any atom is 0.257 e. The van der Waals surface area contributed by atoms with Crippen molar-refractivity contribution in [3.8, 4) is 0 Å². The summed E-state index contributed by atoms with van der Waals surface area (Å²) in [5.74, 6) is -0.231. The molecule has 2 aromatic rings. The molecule has 0 unspecified atom stereocenters. The molecular formula is C20H23FN4O2. The van der Waals surface area contributed by atoms with Gasteiger partial charge in [-0.15, -0.1) is 0 Å². The molecule has 2 saturated heterocycles. The zero-order valence-corrected chi connectivity index (χ0v) is 15.4. The summed E-state index contributed by atoms with van der Waals surface area (Å²) < 4.78 is 14.8. The molecule has 0 N–H and O–H groups in total. The van der Waals surface area contributed by atoms with E-state index in [4.69, 9.17) is 0 Å². The lowest BCUT2D eigenvalue weighted by molar-refractivity contribution is -0.133. The molecule has 1 spiro atoms. The third kappa shape index (κ3) is 3.22. The highest BCUT2D eigenvalue weighted by molar-refractivity contribution is 5.99. The number of hydrogen-bond donors (Lipinski definition) is 0. The molecule has 2 amide bonds. The van der Waals surface area contributed by atoms with Crippen LogP contribution in [0.25, 0.3) is 0 Å². The van der Waals surface area contributed by atoms with Crippen molar-refractivity contribution in [1.82, 2.24) is 14.7 Å². The van der Waals surface area contributed by atoms with E-state index in [1.54, 1.807) is 41.2 Å². The molecule has 2 fully saturated rings. The van der Waals surface area contributed by atoms with E-state index < -0.39 is 5.41 Å². The summed E-state index contributed by atoms with van der Waals surface area (Å²) in [5, 5.41) is 4.06. The summed E-state index contributed by atoms with van der Waals surface area (Å²) >= 11 is 0. The SMILES string of the molecule is Cn1cc(C(=O)N2CCC3(CCCN(c4ccc(F)cc4)C3=O)CC2)cn1. The summed E-state index contributed by atoms with van der Waals surface area (Å²) in [5.41, 5.74) is 0.906. The highest BCUT2D eigenvalue weighted by Crippen LogP contribution is 2.42. The summed E-state index contributed by atoms with van der Waals surface area (Å²) in [7, 11) is 1.78. The zero-order valence-electron chi connectivity index (χ0n) is 15.4. The van der Waals surface area contributed by atoms with Crippen molar-refractivity contribution in [2.45, 2.75) is 25.7 Å². The lowest BCUT2D eigenvalue weighted by atomic mass is 9.71. The van der Waals surface area contributed by atoms with E-state index in [2.05, 4.69) is 5.10 Å². The van der Waals surface area contributed by atoms with E-state index >= 15 is 0 Å². The van der Waals surface area contributed by atoms with E-state index in [9.17, 15) is 14.0 Å². The number of amides is 2. The van der Waals surface area contributed by atoms with Crippen LogP contribution < -0.4 is 4.90 Å². The number of halogens is 1. The fourth-order valence-electron chi connectivity index (χ4n) is 4.25. The van der Waals surface area contributed by atoms with Crippen molar-refractivity contribution in [3.05, 3.63) is 48.0 Å². The second-order valence-corrected chi connectivity index (χ2v) is 7.51. The molecule has 2 aliphatic rings. The molecule has 0 bridgehead atoms. The van der Waals surface area contributed by atoms with Crippen molar-refractivity contribution in [2.24, 2.45) is 12.5 Å². The first-order chi connectivity index (χ1) is 13.0. The van der Waals surface area contributed by atoms with Crippen LogP contribution in [0, 0.1) is 11.2 Å². The molecule has 142 valence electrons. The summed E-state index contributed by atoms with van der Waals surface area (Å²) in [6.45, 7) is 1.79. The van der Waals surface area contributed by atoms with Crippen molar-refractivity contribution in [2.75, 3.05) is 24.5 Å². The van der Waals surface area contributed by atoms with Crippen molar-refractivity contribution in [1.29, 1.82) is 0 Å². The highest BCUT2D eigenvalue weighted by Gasteiger charge is 2.46. The summed E-state index contributed by atoms with van der Waals surface area (Å²) in [6.07, 6.45) is 6.38. The number of carbonyl (C=O) groups is 2. The second kappa shape index (κ2) is 6.79. The van der Waals surface area contributed by atoms with Gasteiger partial charge in [-0.3, -0.25) is 14.3 Å². The lowest BCUT2D eigenvalue weighted by Crippen LogP contribution is -2.54. The number of benzene rings is 1. The van der Waals surface area contributed by atoms with Gasteiger partial charge in [0.15, 0.2) is 0 Å². The minimum atomic E-state index is -0.418. The number of nitrogens with zero attached hydrogens (tertiary/aromatic N) is 4. The Morgan fingerprint density at radius 3 is 2.44 bits per heavy atom. The molecule has 4 rings (SSSR count). The third-order valence-electron chi connectivity index (χ3n) is 5.83. The van der Waals surface area contributed by atoms with Gasteiger partial charge in [0.1, 0.15) is 5.82 Å². The molecule has 0 saturated carbocycles. The summed E-state index contributed by atoms with van der Waals surface area (Å²) in [6, 6.07) is 6.10. The first kappa shape index (κ1) is 17.7. The largest absolute Gasteiger partial charge is 0.338 e. The molecule has 0 radical (unpaired) electrons. The number of rotatable bonds is 2. The smallest absolute Gasteiger partial charge is 0.257 e. The molecule has 3 heterocycles. The van der Waals surface area contributed by atoms with Gasteiger partial charge in [0, 0.05) is 38.6 Å². The molecule has 1 aromatic heterocycles. The third-order valence-corrected chi connectivity index (χ3v) is 5.83. The van der Waals surface area contributed by atoms with Gasteiger partial charge in [-0.05, 0) is 49.9 Å². The topological polar surface area (TPSA) is 58.4 Å². The average Bonchev–Trinajstić information content (AvgIpc) is 3.11. The van der Waals surface area contributed by atoms with Crippen molar-refractivity contribution in [3.63, 3.8) is 0 Å². The van der Waals surface area contributed by atoms with Gasteiger partial charge in [0.05, 0.1) is 17.2 Å². The molecule has 27 heavy (non-hydrogen) atoms. The molecular weight excluding hydrogens is 347 g/mol. The van der Waals surface area contributed by atoms with Crippen LogP contribution in [0.5, 0.6) is 0 Å². The minimum Gasteiger partial charge on any atom is -0.338 e. The first-order valence-corrected chi connectivity index (χ1v) is 9.34. The normalized spacial score (nSPS) is 19.6. The van der Waals surface area contributed by atoms with Crippen LogP contribution >= 0.6 is 0 Å². The molecule has 6 nitrogen and oxygen atoms in total. The van der Waals surface area contributed by atoms with E-state index in [1.165, 1.54) is 12.1 Å². The van der Waals surface area contributed by atoms with Gasteiger partial charge >= 0.3 is 0 Å². The lowest BCUT2D eigenvalue weighted by Gasteiger charge is -2.46. The predicted molar refractivity (Wildman–Crippen MR) is 98.8 cm³/mol. The molecule has 7 heteroatoms. The van der Waals surface area contributed by atoms with Crippen LogP contribution in [-0.4, -0.2) is 46.1 Å². The van der Waals surface area contributed by atoms with Gasteiger partial charge < -0.3 is 9.80 Å².